The molecule has 0 aromatic carbocycles. The van der Waals surface area contributed by atoms with E-state index in [0.29, 0.717) is 0 Å². The number of hydrogen-bond donors (Lipinski definition) is 0. The summed E-state index contributed by atoms with van der Waals surface area (Å²) in [4.78, 5) is 21.2. The number of carbonyl (C=O) groups is 1. The second-order valence-corrected chi connectivity index (χ2v) is 9.83. The molecule has 1 amide bonds. The molecule has 1 atom stereocenters. The standard InChI is InChI=1S/C19H20N2O2S2/c22-18(17-7-13-3-1-5-16(13)25-17)21-11-19(12-21)8-15(10-24-19)23-14-4-2-6-20-9-14/h2,4,6-7,9,15H,1,3,5,8,10-12H2/t15-/m0/s1. The fourth-order valence-electron chi connectivity index (χ4n) is 4.09. The van der Waals surface area contributed by atoms with E-state index >= 15 is 0 Å². The molecule has 0 bridgehead atoms. The van der Waals surface area contributed by atoms with E-state index < -0.39 is 0 Å². The zero-order chi connectivity index (χ0) is 16.9. The summed E-state index contributed by atoms with van der Waals surface area (Å²) in [6.07, 6.45) is 8.30. The lowest BCUT2D eigenvalue weighted by atomic mass is 9.92. The minimum atomic E-state index is 0.197. The monoisotopic (exact) mass is 372 g/mol. The Morgan fingerprint density at radius 1 is 1.36 bits per heavy atom. The summed E-state index contributed by atoms with van der Waals surface area (Å²) < 4.78 is 6.24. The topological polar surface area (TPSA) is 42.4 Å². The van der Waals surface area contributed by atoms with E-state index in [1.54, 1.807) is 23.7 Å². The first-order chi connectivity index (χ1) is 12.2. The normalized spacial score (nSPS) is 23.5. The highest BCUT2D eigenvalue weighted by Crippen LogP contribution is 2.47. The largest absolute Gasteiger partial charge is 0.488 e. The van der Waals surface area contributed by atoms with Gasteiger partial charge in [0.1, 0.15) is 11.9 Å². The zero-order valence-corrected chi connectivity index (χ0v) is 15.6. The van der Waals surface area contributed by atoms with Crippen LogP contribution in [0.4, 0.5) is 0 Å². The number of rotatable bonds is 3. The molecule has 0 saturated carbocycles. The summed E-state index contributed by atoms with van der Waals surface area (Å²) >= 11 is 3.67. The van der Waals surface area contributed by atoms with E-state index in [1.807, 2.05) is 28.8 Å². The van der Waals surface area contributed by atoms with Gasteiger partial charge in [-0.15, -0.1) is 23.1 Å². The molecule has 3 aliphatic rings. The molecule has 0 unspecified atom stereocenters. The summed E-state index contributed by atoms with van der Waals surface area (Å²) in [6.45, 7) is 1.71. The molecule has 6 heteroatoms. The van der Waals surface area contributed by atoms with Gasteiger partial charge < -0.3 is 9.64 Å². The fraction of sp³-hybridized carbons (Fsp3) is 0.474. The van der Waals surface area contributed by atoms with Crippen LogP contribution < -0.4 is 4.74 Å². The van der Waals surface area contributed by atoms with Crippen molar-refractivity contribution in [3.05, 3.63) is 45.9 Å². The van der Waals surface area contributed by atoms with E-state index in [0.717, 1.165) is 48.7 Å². The second-order valence-electron chi connectivity index (χ2n) is 7.20. The van der Waals surface area contributed by atoms with Gasteiger partial charge in [-0.3, -0.25) is 9.78 Å². The molecule has 0 N–H and O–H groups in total. The summed E-state index contributed by atoms with van der Waals surface area (Å²) in [7, 11) is 0. The van der Waals surface area contributed by atoms with Crippen LogP contribution in [-0.4, -0.2) is 45.5 Å². The van der Waals surface area contributed by atoms with Gasteiger partial charge >= 0.3 is 0 Å². The highest BCUT2D eigenvalue weighted by atomic mass is 32.2. The molecular weight excluding hydrogens is 352 g/mol. The van der Waals surface area contributed by atoms with E-state index in [2.05, 4.69) is 11.1 Å². The van der Waals surface area contributed by atoms with Crippen LogP contribution in [0.2, 0.25) is 0 Å². The lowest BCUT2D eigenvalue weighted by molar-refractivity contribution is 0.0522. The van der Waals surface area contributed by atoms with Gasteiger partial charge in [0.2, 0.25) is 0 Å². The number of carbonyl (C=O) groups excluding carboxylic acids is 1. The molecule has 2 aromatic rings. The van der Waals surface area contributed by atoms with Crippen LogP contribution in [0.5, 0.6) is 5.75 Å². The third-order valence-electron chi connectivity index (χ3n) is 5.31. The highest BCUT2D eigenvalue weighted by molar-refractivity contribution is 8.01. The van der Waals surface area contributed by atoms with Crippen LogP contribution in [0.25, 0.3) is 0 Å². The molecule has 1 spiro atoms. The Morgan fingerprint density at radius 3 is 3.08 bits per heavy atom. The molecular formula is C19H20N2O2S2. The molecule has 5 rings (SSSR count). The van der Waals surface area contributed by atoms with Gasteiger partial charge in [0.15, 0.2) is 0 Å². The number of aromatic nitrogens is 1. The van der Waals surface area contributed by atoms with Gasteiger partial charge in [0.25, 0.3) is 5.91 Å². The average molecular weight is 373 g/mol. The van der Waals surface area contributed by atoms with E-state index in [1.165, 1.54) is 16.9 Å². The predicted octanol–water partition coefficient (Wildman–Crippen LogP) is 3.41. The molecule has 4 heterocycles. The van der Waals surface area contributed by atoms with Crippen molar-refractivity contribution in [2.24, 2.45) is 0 Å². The van der Waals surface area contributed by atoms with Crippen molar-refractivity contribution in [2.45, 2.75) is 36.5 Å². The van der Waals surface area contributed by atoms with Crippen LogP contribution in [0, 0.1) is 0 Å². The van der Waals surface area contributed by atoms with Crippen LogP contribution in [0.3, 0.4) is 0 Å². The van der Waals surface area contributed by atoms with Crippen molar-refractivity contribution in [3.63, 3.8) is 0 Å². The lowest BCUT2D eigenvalue weighted by Crippen LogP contribution is -2.60. The number of fused-ring (bicyclic) bond motifs is 1. The quantitative estimate of drug-likeness (QED) is 0.828. The van der Waals surface area contributed by atoms with Gasteiger partial charge in [-0.25, -0.2) is 0 Å². The SMILES string of the molecule is O=C(c1cc2c(s1)CCC2)N1CC2(C[C@H](Oc3cccnc3)CS2)C1. The Kier molecular flexibility index (Phi) is 3.78. The Balaban J connectivity index is 1.19. The summed E-state index contributed by atoms with van der Waals surface area (Å²) in [5.74, 6) is 2.05. The molecule has 2 fully saturated rings. The van der Waals surface area contributed by atoms with E-state index in [-0.39, 0.29) is 16.8 Å². The van der Waals surface area contributed by atoms with Gasteiger partial charge in [-0.05, 0) is 43.0 Å². The number of likely N-dealkylation sites (tertiary alicyclic amines) is 1. The number of amides is 1. The second kappa shape index (κ2) is 6.02. The Labute approximate surface area is 155 Å². The van der Waals surface area contributed by atoms with Gasteiger partial charge in [-0.2, -0.15) is 0 Å². The minimum absolute atomic E-state index is 0.197. The van der Waals surface area contributed by atoms with Crippen LogP contribution in [0.1, 0.15) is 33.0 Å². The molecule has 2 aromatic heterocycles. The molecule has 4 nitrogen and oxygen atoms in total. The average Bonchev–Trinajstić information content (AvgIpc) is 3.28. The first-order valence-electron chi connectivity index (χ1n) is 8.82. The van der Waals surface area contributed by atoms with E-state index in [4.69, 9.17) is 4.74 Å². The highest BCUT2D eigenvalue weighted by Gasteiger charge is 2.51. The molecule has 1 aliphatic carbocycles. The smallest absolute Gasteiger partial charge is 0.264 e. The number of aryl methyl sites for hydroxylation is 2. The van der Waals surface area contributed by atoms with Gasteiger partial charge in [0, 0.05) is 36.3 Å². The fourth-order valence-corrected chi connectivity index (χ4v) is 6.84. The number of thiophene rings is 1. The van der Waals surface area contributed by atoms with E-state index in [9.17, 15) is 4.79 Å². The molecule has 130 valence electrons. The number of pyridine rings is 1. The third-order valence-corrected chi connectivity index (χ3v) is 8.12. The number of nitrogens with zero attached hydrogens (tertiary/aromatic N) is 2. The molecule has 25 heavy (non-hydrogen) atoms. The summed E-state index contributed by atoms with van der Waals surface area (Å²) in [5, 5.41) is 0. The van der Waals surface area contributed by atoms with Crippen LogP contribution >= 0.6 is 23.1 Å². The lowest BCUT2D eigenvalue weighted by Gasteiger charge is -2.47. The number of hydrogen-bond acceptors (Lipinski definition) is 5. The summed E-state index contributed by atoms with van der Waals surface area (Å²) in [5.41, 5.74) is 1.41. The maximum atomic E-state index is 12.7. The first kappa shape index (κ1) is 15.7. The number of thioether (sulfide) groups is 1. The Bertz CT molecular complexity index is 778. The van der Waals surface area contributed by atoms with Crippen molar-refractivity contribution in [1.29, 1.82) is 0 Å². The van der Waals surface area contributed by atoms with Gasteiger partial charge in [-0.1, -0.05) is 0 Å². The number of ether oxygens (including phenoxy) is 1. The third kappa shape index (κ3) is 2.85. The Morgan fingerprint density at radius 2 is 2.28 bits per heavy atom. The maximum absolute atomic E-state index is 12.7. The Hall–Kier alpha value is -1.53. The van der Waals surface area contributed by atoms with Crippen molar-refractivity contribution in [3.8, 4) is 5.75 Å². The maximum Gasteiger partial charge on any atom is 0.264 e. The zero-order valence-electron chi connectivity index (χ0n) is 13.9. The summed E-state index contributed by atoms with van der Waals surface area (Å²) in [6, 6.07) is 5.99. The van der Waals surface area contributed by atoms with Crippen LogP contribution in [-0.2, 0) is 12.8 Å². The minimum Gasteiger partial charge on any atom is -0.488 e. The molecule has 2 saturated heterocycles. The van der Waals surface area contributed by atoms with Crippen molar-refractivity contribution in [1.82, 2.24) is 9.88 Å². The van der Waals surface area contributed by atoms with Crippen molar-refractivity contribution in [2.75, 3.05) is 18.8 Å². The first-order valence-corrected chi connectivity index (χ1v) is 10.6. The van der Waals surface area contributed by atoms with Crippen molar-refractivity contribution >= 4 is 29.0 Å². The van der Waals surface area contributed by atoms with Crippen molar-refractivity contribution < 1.29 is 9.53 Å². The molecule has 2 aliphatic heterocycles. The van der Waals surface area contributed by atoms with Crippen LogP contribution in [0.15, 0.2) is 30.6 Å². The van der Waals surface area contributed by atoms with Gasteiger partial charge in [0.05, 0.1) is 15.8 Å². The molecule has 0 radical (unpaired) electrons. The predicted molar refractivity (Wildman–Crippen MR) is 101 cm³/mol.